The van der Waals surface area contributed by atoms with Crippen molar-refractivity contribution in [2.24, 2.45) is 5.92 Å². The summed E-state index contributed by atoms with van der Waals surface area (Å²) in [5.41, 5.74) is 0.821. The molecule has 0 bridgehead atoms. The lowest BCUT2D eigenvalue weighted by atomic mass is 10.00. The van der Waals surface area contributed by atoms with E-state index in [0.717, 1.165) is 5.56 Å². The Hall–Kier alpha value is -2.02. The third-order valence-corrected chi connectivity index (χ3v) is 2.26. The number of benzene rings is 1. The highest BCUT2D eigenvalue weighted by atomic mass is 16.5. The van der Waals surface area contributed by atoms with Gasteiger partial charge in [-0.25, -0.2) is 0 Å². The van der Waals surface area contributed by atoms with E-state index in [1.54, 1.807) is 13.2 Å². The van der Waals surface area contributed by atoms with Gasteiger partial charge in [-0.3, -0.25) is 4.79 Å². The molecular formula is C12H13NO3. The third kappa shape index (κ3) is 2.74. The number of hydrogen-bond acceptors (Lipinski definition) is 4. The number of hydrogen-bond donors (Lipinski definition) is 0. The molecule has 1 rings (SSSR count). The molecule has 0 heterocycles. The molecule has 0 saturated heterocycles. The van der Waals surface area contributed by atoms with Gasteiger partial charge in [-0.1, -0.05) is 18.2 Å². The highest BCUT2D eigenvalue weighted by Crippen LogP contribution is 2.21. The van der Waals surface area contributed by atoms with E-state index < -0.39 is 11.9 Å². The van der Waals surface area contributed by atoms with Gasteiger partial charge in [0.25, 0.3) is 0 Å². The smallest absolute Gasteiger partial charge is 0.323 e. The quantitative estimate of drug-likeness (QED) is 0.721. The van der Waals surface area contributed by atoms with Crippen LogP contribution >= 0.6 is 0 Å². The average molecular weight is 219 g/mol. The zero-order valence-electron chi connectivity index (χ0n) is 9.27. The number of nitrogens with zero attached hydrogens (tertiary/aromatic N) is 1. The Bertz CT molecular complexity index is 409. The second-order valence-electron chi connectivity index (χ2n) is 3.22. The van der Waals surface area contributed by atoms with Crippen LogP contribution in [-0.4, -0.2) is 20.2 Å². The summed E-state index contributed by atoms with van der Waals surface area (Å²) in [5.74, 6) is -0.638. The maximum Gasteiger partial charge on any atom is 0.323 e. The molecule has 0 aliphatic rings. The van der Waals surface area contributed by atoms with Crippen molar-refractivity contribution in [1.82, 2.24) is 0 Å². The van der Waals surface area contributed by atoms with Gasteiger partial charge in [0.1, 0.15) is 11.7 Å². The van der Waals surface area contributed by atoms with E-state index in [1.165, 1.54) is 7.11 Å². The lowest BCUT2D eigenvalue weighted by molar-refractivity contribution is -0.143. The SMILES string of the molecule is COC(=O)C(C#N)Cc1ccccc1OC. The summed E-state index contributed by atoms with van der Waals surface area (Å²) in [6, 6.07) is 9.21. The first kappa shape index (κ1) is 12.1. The van der Waals surface area contributed by atoms with Crippen molar-refractivity contribution < 1.29 is 14.3 Å². The number of para-hydroxylation sites is 1. The van der Waals surface area contributed by atoms with Gasteiger partial charge in [-0.2, -0.15) is 5.26 Å². The third-order valence-electron chi connectivity index (χ3n) is 2.26. The molecule has 84 valence electrons. The highest BCUT2D eigenvalue weighted by molar-refractivity contribution is 5.75. The largest absolute Gasteiger partial charge is 0.496 e. The second-order valence-corrected chi connectivity index (χ2v) is 3.22. The molecule has 0 fully saturated rings. The van der Waals surface area contributed by atoms with Gasteiger partial charge in [-0.15, -0.1) is 0 Å². The maximum absolute atomic E-state index is 11.3. The summed E-state index contributed by atoms with van der Waals surface area (Å²) in [5, 5.41) is 8.86. The van der Waals surface area contributed by atoms with Crippen LogP contribution in [0.2, 0.25) is 0 Å². The second kappa shape index (κ2) is 5.76. The van der Waals surface area contributed by atoms with Crippen LogP contribution in [0.3, 0.4) is 0 Å². The first-order chi connectivity index (χ1) is 7.72. The Morgan fingerprint density at radius 2 is 2.12 bits per heavy atom. The summed E-state index contributed by atoms with van der Waals surface area (Å²) in [7, 11) is 2.83. The van der Waals surface area contributed by atoms with Gasteiger partial charge in [0, 0.05) is 6.42 Å². The van der Waals surface area contributed by atoms with E-state index >= 15 is 0 Å². The van der Waals surface area contributed by atoms with E-state index in [4.69, 9.17) is 10.00 Å². The summed E-state index contributed by atoms with van der Waals surface area (Å²) in [6.45, 7) is 0. The van der Waals surface area contributed by atoms with E-state index in [9.17, 15) is 4.79 Å². The fourth-order valence-corrected chi connectivity index (χ4v) is 1.42. The normalized spacial score (nSPS) is 11.3. The topological polar surface area (TPSA) is 59.3 Å². The number of carbonyl (C=O) groups excluding carboxylic acids is 1. The number of rotatable bonds is 4. The van der Waals surface area contributed by atoms with Crippen LogP contribution in [-0.2, 0) is 16.0 Å². The van der Waals surface area contributed by atoms with Gasteiger partial charge < -0.3 is 9.47 Å². The number of methoxy groups -OCH3 is 2. The van der Waals surface area contributed by atoms with Gasteiger partial charge in [-0.05, 0) is 11.6 Å². The molecule has 1 atom stereocenters. The van der Waals surface area contributed by atoms with Crippen LogP contribution in [0.5, 0.6) is 5.75 Å². The number of nitriles is 1. The Kier molecular flexibility index (Phi) is 4.34. The zero-order chi connectivity index (χ0) is 12.0. The molecule has 0 aliphatic carbocycles. The standard InChI is InChI=1S/C12H13NO3/c1-15-11-6-4-3-5-9(11)7-10(8-13)12(14)16-2/h3-6,10H,7H2,1-2H3. The Labute approximate surface area is 94.4 Å². The Morgan fingerprint density at radius 1 is 1.44 bits per heavy atom. The summed E-state index contributed by atoms with van der Waals surface area (Å²) < 4.78 is 9.69. The van der Waals surface area contributed by atoms with Crippen molar-refractivity contribution >= 4 is 5.97 Å². The van der Waals surface area contributed by atoms with Crippen LogP contribution < -0.4 is 4.74 Å². The van der Waals surface area contributed by atoms with Gasteiger partial charge in [0.15, 0.2) is 0 Å². The Morgan fingerprint density at radius 3 is 2.69 bits per heavy atom. The minimum Gasteiger partial charge on any atom is -0.496 e. The van der Waals surface area contributed by atoms with Crippen molar-refractivity contribution in [3.05, 3.63) is 29.8 Å². The van der Waals surface area contributed by atoms with Crippen molar-refractivity contribution in [3.8, 4) is 11.8 Å². The molecule has 1 aromatic rings. The minimum atomic E-state index is -0.790. The van der Waals surface area contributed by atoms with Crippen molar-refractivity contribution in [1.29, 1.82) is 5.26 Å². The molecular weight excluding hydrogens is 206 g/mol. The van der Waals surface area contributed by atoms with Crippen LogP contribution in [0.1, 0.15) is 5.56 Å². The van der Waals surface area contributed by atoms with E-state index in [-0.39, 0.29) is 0 Å². The van der Waals surface area contributed by atoms with Crippen molar-refractivity contribution in [3.63, 3.8) is 0 Å². The number of esters is 1. The average Bonchev–Trinajstić information content (AvgIpc) is 2.35. The predicted octanol–water partition coefficient (Wildman–Crippen LogP) is 1.55. The summed E-state index contributed by atoms with van der Waals surface area (Å²) in [4.78, 5) is 11.3. The number of ether oxygens (including phenoxy) is 2. The summed E-state index contributed by atoms with van der Waals surface area (Å²) >= 11 is 0. The number of carbonyl (C=O) groups is 1. The molecule has 4 nitrogen and oxygen atoms in total. The lowest BCUT2D eigenvalue weighted by Crippen LogP contribution is -2.17. The Balaban J connectivity index is 2.86. The molecule has 0 amide bonds. The highest BCUT2D eigenvalue weighted by Gasteiger charge is 2.20. The van der Waals surface area contributed by atoms with Gasteiger partial charge in [0.05, 0.1) is 20.3 Å². The van der Waals surface area contributed by atoms with Gasteiger partial charge in [0.2, 0.25) is 0 Å². The van der Waals surface area contributed by atoms with E-state index in [2.05, 4.69) is 4.74 Å². The lowest BCUT2D eigenvalue weighted by Gasteiger charge is -2.10. The fourth-order valence-electron chi connectivity index (χ4n) is 1.42. The molecule has 0 spiro atoms. The molecule has 0 saturated carbocycles. The molecule has 16 heavy (non-hydrogen) atoms. The maximum atomic E-state index is 11.3. The first-order valence-corrected chi connectivity index (χ1v) is 4.82. The first-order valence-electron chi connectivity index (χ1n) is 4.82. The van der Waals surface area contributed by atoms with Crippen molar-refractivity contribution in [2.75, 3.05) is 14.2 Å². The fraction of sp³-hybridized carbons (Fsp3) is 0.333. The van der Waals surface area contributed by atoms with E-state index in [1.807, 2.05) is 24.3 Å². The van der Waals surface area contributed by atoms with E-state index in [0.29, 0.717) is 12.2 Å². The molecule has 1 aromatic carbocycles. The van der Waals surface area contributed by atoms with Crippen LogP contribution in [0.25, 0.3) is 0 Å². The molecule has 0 aromatic heterocycles. The van der Waals surface area contributed by atoms with Crippen molar-refractivity contribution in [2.45, 2.75) is 6.42 Å². The molecule has 4 heteroatoms. The predicted molar refractivity (Wildman–Crippen MR) is 57.8 cm³/mol. The zero-order valence-corrected chi connectivity index (χ0v) is 9.27. The van der Waals surface area contributed by atoms with Crippen LogP contribution in [0.15, 0.2) is 24.3 Å². The molecule has 0 aliphatic heterocycles. The van der Waals surface area contributed by atoms with Gasteiger partial charge >= 0.3 is 5.97 Å². The van der Waals surface area contributed by atoms with Crippen LogP contribution in [0, 0.1) is 17.2 Å². The monoisotopic (exact) mass is 219 g/mol. The molecule has 1 unspecified atom stereocenters. The minimum absolute atomic E-state index is 0.299. The molecule has 0 radical (unpaired) electrons. The van der Waals surface area contributed by atoms with Crippen LogP contribution in [0.4, 0.5) is 0 Å². The summed E-state index contributed by atoms with van der Waals surface area (Å²) in [6.07, 6.45) is 0.299. The molecule has 0 N–H and O–H groups in total.